The molecule has 2 rings (SSSR count). The van der Waals surface area contributed by atoms with Crippen LogP contribution in [0.3, 0.4) is 0 Å². The molecule has 4 N–H and O–H groups in total. The first kappa shape index (κ1) is 40.5. The van der Waals surface area contributed by atoms with E-state index in [0.717, 1.165) is 18.1 Å². The van der Waals surface area contributed by atoms with E-state index in [1.165, 1.54) is 0 Å². The second kappa shape index (κ2) is 22.0. The fourth-order valence-electron chi connectivity index (χ4n) is 3.22. The van der Waals surface area contributed by atoms with Crippen molar-refractivity contribution in [1.29, 1.82) is 0 Å². The van der Waals surface area contributed by atoms with Crippen LogP contribution in [0, 0.1) is 62.2 Å². The van der Waals surface area contributed by atoms with Crippen molar-refractivity contribution in [3.05, 3.63) is 59.7 Å². The van der Waals surface area contributed by atoms with Crippen LogP contribution >= 0.6 is 19.4 Å². The van der Waals surface area contributed by atoms with Gasteiger partial charge in [-0.1, -0.05) is 24.3 Å². The number of anilines is 2. The number of nitrogens with zero attached hydrogens (tertiary/aromatic N) is 1. The summed E-state index contributed by atoms with van der Waals surface area (Å²) in [6.45, 7) is 1.69. The maximum absolute atomic E-state index is 12.5. The Balaban J connectivity index is 0. The summed E-state index contributed by atoms with van der Waals surface area (Å²) in [6, 6.07) is 13.0. The van der Waals surface area contributed by atoms with Gasteiger partial charge in [0.1, 0.15) is 0 Å². The van der Waals surface area contributed by atoms with E-state index in [1.54, 1.807) is 36.4 Å². The van der Waals surface area contributed by atoms with Crippen molar-refractivity contribution in [1.82, 2.24) is 10.6 Å². The number of ether oxygens (including phenoxy) is 1. The Labute approximate surface area is 285 Å². The average Bonchev–Trinajstić information content (AvgIpc) is 2.85. The number of hydrogen-bond donors (Lipinski definition) is 4. The number of amides is 5. The van der Waals surface area contributed by atoms with Crippen molar-refractivity contribution in [2.45, 2.75) is 32.6 Å². The van der Waals surface area contributed by atoms with E-state index in [2.05, 4.69) is 25.2 Å². The largest absolute Gasteiger partial charge is 0.464 e. The van der Waals surface area contributed by atoms with Gasteiger partial charge in [0.25, 0.3) is 0 Å². The minimum Gasteiger partial charge on any atom is -0.464 e. The summed E-state index contributed by atoms with van der Waals surface area (Å²) in [4.78, 5) is 57.9. The van der Waals surface area contributed by atoms with Crippen molar-refractivity contribution in [3.8, 4) is 0 Å². The second-order valence-corrected chi connectivity index (χ2v) is 8.02. The molecule has 2 unspecified atom stereocenters. The predicted molar refractivity (Wildman–Crippen MR) is 150 cm³/mol. The summed E-state index contributed by atoms with van der Waals surface area (Å²) in [5.41, 5.74) is 2.66. The van der Waals surface area contributed by atoms with Crippen LogP contribution in [0.15, 0.2) is 48.5 Å². The third kappa shape index (κ3) is 15.4. The number of benzene rings is 2. The molecule has 2 aromatic carbocycles. The number of carbonyl (C=O) groups excluding carboxylic acids is 4. The number of hydrogen-bond acceptors (Lipinski definition) is 7. The van der Waals surface area contributed by atoms with Crippen molar-refractivity contribution < 1.29 is 101 Å². The number of rotatable bonds is 10. The van der Waals surface area contributed by atoms with Gasteiger partial charge in [-0.25, -0.2) is 19.2 Å². The number of esters is 1. The Kier molecular flexibility index (Phi) is 22.3. The van der Waals surface area contributed by atoms with E-state index in [0.29, 0.717) is 42.8 Å². The number of carboxylic acid groups (broad SMARTS) is 1. The van der Waals surface area contributed by atoms with Crippen LogP contribution in [-0.4, -0.2) is 48.5 Å². The van der Waals surface area contributed by atoms with E-state index in [-0.39, 0.29) is 84.4 Å². The molecule has 0 aromatic heterocycles. The van der Waals surface area contributed by atoms with Crippen molar-refractivity contribution >= 4 is 61.0 Å². The molecule has 2 aromatic rings. The summed E-state index contributed by atoms with van der Waals surface area (Å²) in [5, 5.41) is 17.1. The van der Waals surface area contributed by atoms with Gasteiger partial charge in [-0.05, 0) is 61.1 Å². The summed E-state index contributed by atoms with van der Waals surface area (Å²) < 4.78 is 8.80. The zero-order chi connectivity index (χ0) is 27.2. The van der Waals surface area contributed by atoms with Gasteiger partial charge in [0.15, 0.2) is 0 Å². The topological polar surface area (TPSA) is 163 Å². The SMILES string of the molecule is CC(=O)OC(=O)NCCCCCNC(=O)N(C(=O)O)c1ccc(Cc2ccc(NC(=O)OP)cc2)cc1.P.[U].[U]. The molecule has 0 radical (unpaired) electrons. The fraction of sp³-hybridized carbons (Fsp3) is 0.292. The third-order valence-corrected chi connectivity index (χ3v) is 5.15. The first-order valence-electron chi connectivity index (χ1n) is 11.3. The molecule has 0 spiro atoms. The Morgan fingerprint density at radius 3 is 1.85 bits per heavy atom. The Hall–Kier alpha value is -1.65. The van der Waals surface area contributed by atoms with Crippen LogP contribution in [0.5, 0.6) is 0 Å². The summed E-state index contributed by atoms with van der Waals surface area (Å²) in [6.07, 6.45) is -0.440. The Bertz CT molecular complexity index is 1110. The summed E-state index contributed by atoms with van der Waals surface area (Å²) in [5.74, 6) is -0.696. The minimum absolute atomic E-state index is 0. The molecule has 0 aliphatic rings. The molecular formula is C24H32N4O8P2U2. The molecule has 0 aliphatic heterocycles. The van der Waals surface area contributed by atoms with Gasteiger partial charge in [-0.2, -0.15) is 14.8 Å². The third-order valence-electron chi connectivity index (χ3n) is 4.94. The number of alkyl carbamates (subject to hydrolysis) is 1. The zero-order valence-corrected chi connectivity index (χ0v) is 32.8. The monoisotopic (exact) mass is 1040 g/mol. The van der Waals surface area contributed by atoms with E-state index in [9.17, 15) is 29.1 Å². The first-order valence-corrected chi connectivity index (χ1v) is 11.8. The van der Waals surface area contributed by atoms with Gasteiger partial charge in [0, 0.05) is 87.9 Å². The number of urea groups is 1. The van der Waals surface area contributed by atoms with E-state index in [1.807, 2.05) is 21.6 Å². The average molecular weight is 1040 g/mol. The van der Waals surface area contributed by atoms with E-state index < -0.39 is 30.3 Å². The van der Waals surface area contributed by atoms with Crippen LogP contribution < -0.4 is 20.9 Å². The molecule has 0 saturated heterocycles. The Morgan fingerprint density at radius 1 is 0.825 bits per heavy atom. The van der Waals surface area contributed by atoms with Gasteiger partial charge in [-0.15, -0.1) is 0 Å². The number of unbranched alkanes of at least 4 members (excludes halogenated alkanes) is 2. The molecule has 0 heterocycles. The molecule has 0 saturated carbocycles. The number of imide groups is 1. The van der Waals surface area contributed by atoms with Crippen LogP contribution in [0.25, 0.3) is 0 Å². The molecule has 2 atom stereocenters. The van der Waals surface area contributed by atoms with Gasteiger partial charge in [0.2, 0.25) is 0 Å². The quantitative estimate of drug-likeness (QED) is 0.119. The van der Waals surface area contributed by atoms with Crippen LogP contribution in [0.2, 0.25) is 0 Å². The number of nitrogens with one attached hydrogen (secondary N) is 3. The summed E-state index contributed by atoms with van der Waals surface area (Å²) >= 11 is 0. The van der Waals surface area contributed by atoms with Crippen LogP contribution in [0.4, 0.5) is 30.6 Å². The Morgan fingerprint density at radius 2 is 1.35 bits per heavy atom. The van der Waals surface area contributed by atoms with Gasteiger partial charge < -0.3 is 25.0 Å². The molecule has 12 nitrogen and oxygen atoms in total. The van der Waals surface area contributed by atoms with Crippen molar-refractivity contribution in [2.75, 3.05) is 23.3 Å². The van der Waals surface area contributed by atoms with Crippen LogP contribution in [0.1, 0.15) is 37.3 Å². The second-order valence-electron chi connectivity index (χ2n) is 7.79. The van der Waals surface area contributed by atoms with Crippen molar-refractivity contribution in [3.63, 3.8) is 0 Å². The number of carbonyl (C=O) groups is 5. The smallest absolute Gasteiger partial charge is 0.420 e. The molecule has 40 heavy (non-hydrogen) atoms. The molecular weight excluding hydrogens is 1010 g/mol. The van der Waals surface area contributed by atoms with Crippen molar-refractivity contribution in [2.24, 2.45) is 0 Å². The molecule has 0 aliphatic carbocycles. The molecule has 214 valence electrons. The van der Waals surface area contributed by atoms with Gasteiger partial charge in [-0.3, -0.25) is 10.1 Å². The summed E-state index contributed by atoms with van der Waals surface area (Å²) in [7, 11) is 1.87. The fourth-order valence-corrected chi connectivity index (χ4v) is 3.28. The first-order chi connectivity index (χ1) is 17.7. The van der Waals surface area contributed by atoms with Crippen LogP contribution in [-0.2, 0) is 20.5 Å². The molecule has 16 heteroatoms. The standard InChI is InChI=1S/C24H29N4O8P.H3P.2U/c1-16(29)35-22(31)26-14-4-2-3-13-25-21(30)28(24(33)34)20-11-7-18(8-12-20)15-17-5-9-19(10-6-17)27-23(32)36-37;;;/h5-12H,2-4,13-15,37H2,1H3,(H,25,30)(H,26,31)(H,27,32)(H,33,34);1H3;;. The van der Waals surface area contributed by atoms with Gasteiger partial charge in [0.05, 0.1) is 15.2 Å². The van der Waals surface area contributed by atoms with Gasteiger partial charge >= 0.3 is 30.3 Å². The molecule has 5 amide bonds. The minimum atomic E-state index is -1.41. The maximum atomic E-state index is 12.5. The zero-order valence-electron chi connectivity index (χ0n) is 21.9. The normalized spacial score (nSPS) is 9.35. The molecule has 0 fully saturated rings. The molecule has 0 bridgehead atoms. The predicted octanol–water partition coefficient (Wildman–Crippen LogP) is 4.31. The maximum Gasteiger partial charge on any atom is 0.420 e. The van der Waals surface area contributed by atoms with E-state index >= 15 is 0 Å². The van der Waals surface area contributed by atoms with E-state index in [4.69, 9.17) is 0 Å².